The van der Waals surface area contributed by atoms with Gasteiger partial charge in [0.05, 0.1) is 21.8 Å². The lowest BCUT2D eigenvalue weighted by Crippen LogP contribution is -2.41. The van der Waals surface area contributed by atoms with Crippen LogP contribution in [0.2, 0.25) is 0 Å². The van der Waals surface area contributed by atoms with Gasteiger partial charge < -0.3 is 10.8 Å². The predicted octanol–water partition coefficient (Wildman–Crippen LogP) is -0.310. The molecule has 0 saturated carbocycles. The van der Waals surface area contributed by atoms with E-state index in [1.165, 1.54) is 21.3 Å². The first-order valence-corrected chi connectivity index (χ1v) is 9.71. The van der Waals surface area contributed by atoms with E-state index in [4.69, 9.17) is 5.73 Å². The second-order valence-electron chi connectivity index (χ2n) is 6.75. The van der Waals surface area contributed by atoms with Crippen LogP contribution in [0.5, 0.6) is 0 Å². The maximum Gasteiger partial charge on any atom is 0.328 e. The molecule has 1 aromatic carbocycles. The number of rotatable bonds is 3. The fourth-order valence-electron chi connectivity index (χ4n) is 3.37. The molecule has 0 unspecified atom stereocenters. The molecule has 26 heavy (non-hydrogen) atoms. The topological polar surface area (TPSA) is 128 Å². The second-order valence-corrected chi connectivity index (χ2v) is 8.68. The summed E-state index contributed by atoms with van der Waals surface area (Å²) in [5.74, 6) is -1.82. The molecule has 0 amide bonds. The van der Waals surface area contributed by atoms with Crippen molar-refractivity contribution in [2.45, 2.75) is 23.8 Å². The molecule has 9 nitrogen and oxygen atoms in total. The van der Waals surface area contributed by atoms with Gasteiger partial charge in [-0.05, 0) is 31.0 Å². The van der Waals surface area contributed by atoms with Gasteiger partial charge in [-0.25, -0.2) is 13.2 Å². The minimum absolute atomic E-state index is 0.0180. The van der Waals surface area contributed by atoms with E-state index in [-0.39, 0.29) is 23.7 Å². The summed E-state index contributed by atoms with van der Waals surface area (Å²) >= 11 is 0. The highest BCUT2D eigenvalue weighted by atomic mass is 32.2. The Balaban J connectivity index is 2.06. The first kappa shape index (κ1) is 18.6. The van der Waals surface area contributed by atoms with Crippen LogP contribution < -0.4 is 11.4 Å². The van der Waals surface area contributed by atoms with Gasteiger partial charge in [0.1, 0.15) is 0 Å². The molecule has 142 valence electrons. The van der Waals surface area contributed by atoms with Crippen LogP contribution in [0, 0.1) is 5.92 Å². The van der Waals surface area contributed by atoms with Crippen molar-refractivity contribution in [3.05, 3.63) is 28.7 Å². The van der Waals surface area contributed by atoms with Crippen LogP contribution in [-0.2, 0) is 28.9 Å². The minimum atomic E-state index is -3.93. The summed E-state index contributed by atoms with van der Waals surface area (Å²) in [7, 11) is -0.743. The molecule has 2 atom stereocenters. The van der Waals surface area contributed by atoms with E-state index in [9.17, 15) is 23.1 Å². The monoisotopic (exact) mass is 382 g/mol. The maximum absolute atomic E-state index is 13.1. The summed E-state index contributed by atoms with van der Waals surface area (Å²) < 4.78 is 30.1. The van der Waals surface area contributed by atoms with Crippen molar-refractivity contribution in [3.63, 3.8) is 0 Å². The molecule has 0 aliphatic carbocycles. The van der Waals surface area contributed by atoms with E-state index in [0.29, 0.717) is 23.9 Å². The van der Waals surface area contributed by atoms with Gasteiger partial charge in [0, 0.05) is 33.2 Å². The summed E-state index contributed by atoms with van der Waals surface area (Å²) in [5.41, 5.74) is 6.81. The number of aryl methyl sites for hydroxylation is 2. The lowest BCUT2D eigenvalue weighted by molar-refractivity contribution is -0.142. The Morgan fingerprint density at radius 3 is 2.46 bits per heavy atom. The first-order chi connectivity index (χ1) is 12.1. The van der Waals surface area contributed by atoms with Gasteiger partial charge in [-0.2, -0.15) is 4.31 Å². The van der Waals surface area contributed by atoms with E-state index in [2.05, 4.69) is 0 Å². The summed E-state index contributed by atoms with van der Waals surface area (Å²) in [5, 5.41) is 9.31. The lowest BCUT2D eigenvalue weighted by atomic mass is 10.0. The minimum Gasteiger partial charge on any atom is -0.481 e. The molecule has 1 fully saturated rings. The first-order valence-electron chi connectivity index (χ1n) is 8.27. The van der Waals surface area contributed by atoms with E-state index in [1.807, 2.05) is 0 Å². The Hall–Kier alpha value is -2.17. The second kappa shape index (κ2) is 6.53. The Morgan fingerprint density at radius 2 is 1.81 bits per heavy atom. The van der Waals surface area contributed by atoms with Crippen molar-refractivity contribution in [2.24, 2.45) is 25.7 Å². The van der Waals surface area contributed by atoms with Crippen LogP contribution in [0.3, 0.4) is 0 Å². The van der Waals surface area contributed by atoms with Gasteiger partial charge in [-0.15, -0.1) is 0 Å². The summed E-state index contributed by atoms with van der Waals surface area (Å²) in [4.78, 5) is 23.4. The number of nitrogens with two attached hydrogens (primary N) is 1. The van der Waals surface area contributed by atoms with Crippen molar-refractivity contribution in [1.29, 1.82) is 0 Å². The standard InChI is InChI=1S/C16H22N4O5S/c1-18-13-6-5-12(7-14(13)19(2)16(18)23)26(24,25)20-8-10(15(21)22)3-4-11(17)9-20/h5-7,10-11H,3-4,8-9,17H2,1-2H3,(H,21,22)/t10-,11+/m0/s1. The SMILES string of the molecule is Cn1c(=O)n(C)c2cc(S(=O)(=O)N3C[C@H](N)CC[C@H](C(=O)O)C3)ccc21. The Bertz CT molecular complexity index is 1020. The number of carboxylic acids is 1. The molecule has 2 heterocycles. The molecule has 1 aromatic heterocycles. The average Bonchev–Trinajstić information content (AvgIpc) is 2.75. The van der Waals surface area contributed by atoms with E-state index in [1.54, 1.807) is 20.2 Å². The number of carboxylic acid groups (broad SMARTS) is 1. The molecule has 0 radical (unpaired) electrons. The third kappa shape index (κ3) is 3.04. The molecule has 1 saturated heterocycles. The molecule has 0 bridgehead atoms. The van der Waals surface area contributed by atoms with Crippen LogP contribution in [0.4, 0.5) is 0 Å². The number of hydrogen-bond donors (Lipinski definition) is 2. The van der Waals surface area contributed by atoms with Gasteiger partial charge in [-0.3, -0.25) is 13.9 Å². The van der Waals surface area contributed by atoms with Crippen molar-refractivity contribution in [1.82, 2.24) is 13.4 Å². The number of imidazole rings is 1. The quantitative estimate of drug-likeness (QED) is 0.749. The number of aromatic nitrogens is 2. The third-order valence-electron chi connectivity index (χ3n) is 4.98. The zero-order valence-corrected chi connectivity index (χ0v) is 15.4. The van der Waals surface area contributed by atoms with Crippen LogP contribution in [0.1, 0.15) is 12.8 Å². The zero-order chi connectivity index (χ0) is 19.2. The molecule has 1 aliphatic heterocycles. The molecule has 1 aliphatic rings. The Labute approximate surface area is 150 Å². The van der Waals surface area contributed by atoms with Crippen LogP contribution in [0.25, 0.3) is 11.0 Å². The molecule has 10 heteroatoms. The summed E-state index contributed by atoms with van der Waals surface area (Å²) in [6.07, 6.45) is 0.796. The largest absolute Gasteiger partial charge is 0.481 e. The molecular weight excluding hydrogens is 360 g/mol. The van der Waals surface area contributed by atoms with Crippen LogP contribution in [0.15, 0.2) is 27.9 Å². The third-order valence-corrected chi connectivity index (χ3v) is 6.81. The van der Waals surface area contributed by atoms with Gasteiger partial charge in [-0.1, -0.05) is 0 Å². The zero-order valence-electron chi connectivity index (χ0n) is 14.6. The Morgan fingerprint density at radius 1 is 1.15 bits per heavy atom. The highest BCUT2D eigenvalue weighted by Crippen LogP contribution is 2.25. The fourth-order valence-corrected chi connectivity index (χ4v) is 4.94. The van der Waals surface area contributed by atoms with Crippen LogP contribution >= 0.6 is 0 Å². The number of sulfonamides is 1. The van der Waals surface area contributed by atoms with Gasteiger partial charge >= 0.3 is 11.7 Å². The number of aliphatic carboxylic acids is 1. The summed E-state index contributed by atoms with van der Waals surface area (Å²) in [6.45, 7) is -0.0466. The number of carbonyl (C=O) groups is 1. The molecule has 2 aromatic rings. The van der Waals surface area contributed by atoms with Crippen molar-refractivity contribution >= 4 is 27.0 Å². The number of fused-ring (bicyclic) bond motifs is 1. The fraction of sp³-hybridized carbons (Fsp3) is 0.500. The molecule has 0 spiro atoms. The smallest absolute Gasteiger partial charge is 0.328 e. The van der Waals surface area contributed by atoms with E-state index >= 15 is 0 Å². The number of nitrogens with zero attached hydrogens (tertiary/aromatic N) is 3. The Kier molecular flexibility index (Phi) is 4.67. The van der Waals surface area contributed by atoms with Crippen LogP contribution in [-0.4, -0.2) is 52.1 Å². The summed E-state index contributed by atoms with van der Waals surface area (Å²) in [6, 6.07) is 4.04. The highest BCUT2D eigenvalue weighted by molar-refractivity contribution is 7.89. The van der Waals surface area contributed by atoms with Gasteiger partial charge in [0.2, 0.25) is 10.0 Å². The average molecular weight is 382 g/mol. The molecule has 3 N–H and O–H groups in total. The number of hydrogen-bond acceptors (Lipinski definition) is 5. The van der Waals surface area contributed by atoms with Crippen molar-refractivity contribution in [3.8, 4) is 0 Å². The lowest BCUT2D eigenvalue weighted by Gasteiger charge is -2.23. The normalized spacial score (nSPS) is 22.4. The number of benzene rings is 1. The predicted molar refractivity (Wildman–Crippen MR) is 95.3 cm³/mol. The van der Waals surface area contributed by atoms with Crippen molar-refractivity contribution in [2.75, 3.05) is 13.1 Å². The van der Waals surface area contributed by atoms with Gasteiger partial charge in [0.15, 0.2) is 0 Å². The maximum atomic E-state index is 13.1. The van der Waals surface area contributed by atoms with Crippen molar-refractivity contribution < 1.29 is 18.3 Å². The highest BCUT2D eigenvalue weighted by Gasteiger charge is 2.34. The molecule has 3 rings (SSSR count). The van der Waals surface area contributed by atoms with Gasteiger partial charge in [0.25, 0.3) is 0 Å². The molecular formula is C16H22N4O5S. The van der Waals surface area contributed by atoms with E-state index < -0.39 is 28.0 Å². The van der Waals surface area contributed by atoms with E-state index in [0.717, 1.165) is 4.31 Å².